The molecular weight excluding hydrogens is 180 g/mol. The molecule has 0 aromatic carbocycles. The summed E-state index contributed by atoms with van der Waals surface area (Å²) in [6.07, 6.45) is 1.38. The van der Waals surface area contributed by atoms with E-state index >= 15 is 0 Å². The van der Waals surface area contributed by atoms with Crippen LogP contribution in [-0.4, -0.2) is 29.9 Å². The normalized spacial score (nSPS) is 11.1. The van der Waals surface area contributed by atoms with Crippen molar-refractivity contribution >= 4 is 5.91 Å². The number of rotatable bonds is 5. The van der Waals surface area contributed by atoms with Gasteiger partial charge in [-0.05, 0) is 6.42 Å². The Bertz CT molecular complexity index is 247. The molecule has 0 bridgehead atoms. The fourth-order valence-corrected chi connectivity index (χ4v) is 1.05. The maximum Gasteiger partial charge on any atom is 0.241 e. The number of hydrogen-bond donors (Lipinski definition) is 1. The number of amides is 1. The van der Waals surface area contributed by atoms with Gasteiger partial charge in [0.1, 0.15) is 13.1 Å². The predicted molar refractivity (Wildman–Crippen MR) is 50.7 cm³/mol. The van der Waals surface area contributed by atoms with Crippen LogP contribution in [0.2, 0.25) is 0 Å². The molecule has 0 aliphatic carbocycles. The number of nitrogens with zero attached hydrogens (tertiary/aromatic N) is 3. The van der Waals surface area contributed by atoms with Crippen LogP contribution in [0.25, 0.3) is 0 Å². The van der Waals surface area contributed by atoms with Crippen LogP contribution in [0.4, 0.5) is 0 Å². The Morgan fingerprint density at radius 2 is 1.93 bits per heavy atom. The van der Waals surface area contributed by atoms with Gasteiger partial charge in [-0.15, -0.1) is 0 Å². The van der Waals surface area contributed by atoms with Crippen LogP contribution in [0.5, 0.6) is 0 Å². The van der Waals surface area contributed by atoms with Gasteiger partial charge in [-0.25, -0.2) is 0 Å². The van der Waals surface area contributed by atoms with Crippen molar-refractivity contribution in [1.82, 2.24) is 4.90 Å². The molecule has 1 amide bonds. The molecule has 14 heavy (non-hydrogen) atoms. The molecule has 76 valence electrons. The number of carbonyl (C=O) groups excluding carboxylic acids is 1. The minimum atomic E-state index is -0.596. The number of carbonyl (C=O) groups is 1. The molecule has 2 N–H and O–H groups in total. The second kappa shape index (κ2) is 6.88. The van der Waals surface area contributed by atoms with E-state index in [0.29, 0.717) is 6.42 Å². The summed E-state index contributed by atoms with van der Waals surface area (Å²) in [5.41, 5.74) is 5.58. The fourth-order valence-electron chi connectivity index (χ4n) is 1.05. The summed E-state index contributed by atoms with van der Waals surface area (Å²) in [4.78, 5) is 12.7. The summed E-state index contributed by atoms with van der Waals surface area (Å²) in [5.74, 6) is -0.324. The zero-order valence-corrected chi connectivity index (χ0v) is 8.23. The highest BCUT2D eigenvalue weighted by Gasteiger charge is 2.19. The van der Waals surface area contributed by atoms with E-state index in [1.807, 2.05) is 19.1 Å². The first-order valence-corrected chi connectivity index (χ1v) is 4.45. The van der Waals surface area contributed by atoms with Crippen LogP contribution in [0.1, 0.15) is 19.8 Å². The van der Waals surface area contributed by atoms with E-state index in [-0.39, 0.29) is 19.0 Å². The van der Waals surface area contributed by atoms with Crippen LogP contribution >= 0.6 is 0 Å². The molecule has 0 saturated carbocycles. The quantitative estimate of drug-likeness (QED) is 0.623. The molecule has 0 spiro atoms. The lowest BCUT2D eigenvalue weighted by molar-refractivity contribution is -0.131. The summed E-state index contributed by atoms with van der Waals surface area (Å²) in [7, 11) is 0. The molecule has 0 aliphatic heterocycles. The highest BCUT2D eigenvalue weighted by molar-refractivity contribution is 5.82. The first-order chi connectivity index (χ1) is 6.67. The molecule has 0 radical (unpaired) electrons. The van der Waals surface area contributed by atoms with Crippen LogP contribution in [0, 0.1) is 22.7 Å². The van der Waals surface area contributed by atoms with Crippen LogP contribution in [0.15, 0.2) is 0 Å². The molecule has 5 nitrogen and oxygen atoms in total. The van der Waals surface area contributed by atoms with E-state index in [1.165, 1.54) is 4.90 Å². The zero-order chi connectivity index (χ0) is 11.0. The van der Waals surface area contributed by atoms with Crippen LogP contribution in [-0.2, 0) is 4.79 Å². The van der Waals surface area contributed by atoms with Gasteiger partial charge in [0.05, 0.1) is 18.2 Å². The molecular formula is C9H14N4O. The Hall–Kier alpha value is -1.59. The predicted octanol–water partition coefficient (Wildman–Crippen LogP) is -0.0104. The SMILES string of the molecule is CCC[C@H](N)C(=O)N(CC#N)CC#N. The lowest BCUT2D eigenvalue weighted by atomic mass is 10.1. The maximum atomic E-state index is 11.5. The summed E-state index contributed by atoms with van der Waals surface area (Å²) >= 11 is 0. The molecule has 0 fully saturated rings. The van der Waals surface area contributed by atoms with Gasteiger partial charge in [0, 0.05) is 0 Å². The van der Waals surface area contributed by atoms with Gasteiger partial charge in [0.25, 0.3) is 0 Å². The van der Waals surface area contributed by atoms with Crippen molar-refractivity contribution in [2.24, 2.45) is 5.73 Å². The van der Waals surface area contributed by atoms with Gasteiger partial charge in [-0.3, -0.25) is 4.79 Å². The van der Waals surface area contributed by atoms with Gasteiger partial charge in [0.15, 0.2) is 0 Å². The van der Waals surface area contributed by atoms with Crippen molar-refractivity contribution < 1.29 is 4.79 Å². The number of hydrogen-bond acceptors (Lipinski definition) is 4. The molecule has 1 atom stereocenters. The Morgan fingerprint density at radius 1 is 1.43 bits per heavy atom. The first-order valence-electron chi connectivity index (χ1n) is 4.45. The highest BCUT2D eigenvalue weighted by atomic mass is 16.2. The smallest absolute Gasteiger partial charge is 0.241 e. The second-order valence-corrected chi connectivity index (χ2v) is 2.91. The van der Waals surface area contributed by atoms with E-state index in [0.717, 1.165) is 6.42 Å². The maximum absolute atomic E-state index is 11.5. The summed E-state index contributed by atoms with van der Waals surface area (Å²) in [6.45, 7) is 1.76. The molecule has 5 heteroatoms. The van der Waals surface area contributed by atoms with Crippen molar-refractivity contribution in [1.29, 1.82) is 10.5 Å². The molecule has 0 saturated heterocycles. The third-order valence-electron chi connectivity index (χ3n) is 1.75. The van der Waals surface area contributed by atoms with E-state index in [4.69, 9.17) is 16.3 Å². The van der Waals surface area contributed by atoms with E-state index in [9.17, 15) is 4.79 Å². The third kappa shape index (κ3) is 3.88. The highest BCUT2D eigenvalue weighted by Crippen LogP contribution is 1.99. The molecule has 0 aromatic heterocycles. The Morgan fingerprint density at radius 3 is 2.29 bits per heavy atom. The number of nitriles is 2. The number of nitrogens with two attached hydrogens (primary N) is 1. The third-order valence-corrected chi connectivity index (χ3v) is 1.75. The van der Waals surface area contributed by atoms with Crippen molar-refractivity contribution in [2.45, 2.75) is 25.8 Å². The van der Waals surface area contributed by atoms with Gasteiger partial charge >= 0.3 is 0 Å². The van der Waals surface area contributed by atoms with Gasteiger partial charge in [-0.2, -0.15) is 10.5 Å². The van der Waals surface area contributed by atoms with Crippen molar-refractivity contribution in [2.75, 3.05) is 13.1 Å². The molecule has 0 rings (SSSR count). The summed E-state index contributed by atoms with van der Waals surface area (Å²) in [6, 6.07) is 3.06. The minimum Gasteiger partial charge on any atom is -0.320 e. The van der Waals surface area contributed by atoms with Gasteiger partial charge in [-0.1, -0.05) is 13.3 Å². The van der Waals surface area contributed by atoms with Crippen LogP contribution < -0.4 is 5.73 Å². The Labute approximate surface area is 83.7 Å². The Balaban J connectivity index is 4.29. The average molecular weight is 194 g/mol. The van der Waals surface area contributed by atoms with Crippen molar-refractivity contribution in [3.63, 3.8) is 0 Å². The molecule has 0 aliphatic rings. The summed E-state index contributed by atoms with van der Waals surface area (Å²) < 4.78 is 0. The van der Waals surface area contributed by atoms with E-state index < -0.39 is 6.04 Å². The largest absolute Gasteiger partial charge is 0.320 e. The lowest BCUT2D eigenvalue weighted by Crippen LogP contribution is -2.44. The van der Waals surface area contributed by atoms with Gasteiger partial charge in [0.2, 0.25) is 5.91 Å². The molecule has 0 unspecified atom stereocenters. The van der Waals surface area contributed by atoms with Crippen LogP contribution in [0.3, 0.4) is 0 Å². The molecule has 0 heterocycles. The standard InChI is InChI=1S/C9H14N4O/c1-2-3-8(12)9(14)13(6-4-10)7-5-11/h8H,2-3,6-7,12H2,1H3/t8-/m0/s1. The van der Waals surface area contributed by atoms with Crippen molar-refractivity contribution in [3.8, 4) is 12.1 Å². The van der Waals surface area contributed by atoms with E-state index in [1.54, 1.807) is 0 Å². The lowest BCUT2D eigenvalue weighted by Gasteiger charge is -2.19. The first kappa shape index (κ1) is 12.4. The summed E-state index contributed by atoms with van der Waals surface area (Å²) in [5, 5.41) is 16.9. The monoisotopic (exact) mass is 194 g/mol. The Kier molecular flexibility index (Phi) is 6.09. The fraction of sp³-hybridized carbons (Fsp3) is 0.667. The second-order valence-electron chi connectivity index (χ2n) is 2.91. The minimum absolute atomic E-state index is 0.0796. The topological polar surface area (TPSA) is 93.9 Å². The van der Waals surface area contributed by atoms with E-state index in [2.05, 4.69) is 0 Å². The van der Waals surface area contributed by atoms with Crippen molar-refractivity contribution in [3.05, 3.63) is 0 Å². The zero-order valence-electron chi connectivity index (χ0n) is 8.23. The average Bonchev–Trinajstić information content (AvgIpc) is 2.17. The molecule has 0 aromatic rings. The van der Waals surface area contributed by atoms with Gasteiger partial charge < -0.3 is 10.6 Å².